The topological polar surface area (TPSA) is 22.0 Å². The van der Waals surface area contributed by atoms with Crippen molar-refractivity contribution in [3.8, 4) is 0 Å². The molecule has 0 N–H and O–H groups in total. The Labute approximate surface area is 69.1 Å². The maximum absolute atomic E-state index is 10.2. The predicted octanol–water partition coefficient (Wildman–Crippen LogP) is 2.05. The highest BCUT2D eigenvalue weighted by Gasteiger charge is 1.99. The van der Waals surface area contributed by atoms with E-state index in [9.17, 15) is 4.79 Å². The molecule has 0 aliphatic heterocycles. The second-order valence-corrected chi connectivity index (χ2v) is 3.07. The fraction of sp³-hybridized carbons (Fsp3) is 0. The van der Waals surface area contributed by atoms with Crippen LogP contribution >= 0.6 is 31.9 Å². The molecular formula is C5H3Br2NO. The number of carbonyl (C=O) groups excluding carboxylic acids is 1. The molecule has 0 amide bonds. The first-order valence-corrected chi connectivity index (χ1v) is 3.81. The van der Waals surface area contributed by atoms with Gasteiger partial charge in [0.2, 0.25) is 6.41 Å². The molecule has 1 heterocycles. The van der Waals surface area contributed by atoms with E-state index in [0.29, 0.717) is 0 Å². The Kier molecular flexibility index (Phi) is 2.08. The van der Waals surface area contributed by atoms with E-state index in [2.05, 4.69) is 31.9 Å². The average Bonchev–Trinajstić information content (AvgIpc) is 2.15. The van der Waals surface area contributed by atoms with Gasteiger partial charge in [-0.25, -0.2) is 0 Å². The molecule has 0 atom stereocenters. The molecule has 0 saturated heterocycles. The van der Waals surface area contributed by atoms with Crippen LogP contribution in [0.3, 0.4) is 0 Å². The standard InChI is InChI=1S/C5H3Br2NO/c6-4-1-2-8(3-9)5(4)7/h1-3H. The van der Waals surface area contributed by atoms with Gasteiger partial charge in [-0.1, -0.05) is 0 Å². The highest BCUT2D eigenvalue weighted by Crippen LogP contribution is 2.22. The number of nitrogens with zero attached hydrogens (tertiary/aromatic N) is 1. The fourth-order valence-corrected chi connectivity index (χ4v) is 1.14. The largest absolute Gasteiger partial charge is 0.283 e. The first-order chi connectivity index (χ1) is 4.25. The Hall–Kier alpha value is -0.0900. The van der Waals surface area contributed by atoms with Crippen LogP contribution < -0.4 is 0 Å². The van der Waals surface area contributed by atoms with Gasteiger partial charge in [-0.15, -0.1) is 0 Å². The lowest BCUT2D eigenvalue weighted by Crippen LogP contribution is -1.90. The SMILES string of the molecule is O=Cn1ccc(Br)c1Br. The normalized spacial score (nSPS) is 9.56. The minimum Gasteiger partial charge on any atom is -0.283 e. The van der Waals surface area contributed by atoms with Gasteiger partial charge >= 0.3 is 0 Å². The summed E-state index contributed by atoms with van der Waals surface area (Å²) in [5.74, 6) is 0. The van der Waals surface area contributed by atoms with Gasteiger partial charge in [-0.2, -0.15) is 0 Å². The minimum atomic E-state index is 0.731. The molecule has 48 valence electrons. The maximum atomic E-state index is 10.2. The molecule has 0 aliphatic carbocycles. The van der Waals surface area contributed by atoms with Crippen LogP contribution in [0.4, 0.5) is 0 Å². The van der Waals surface area contributed by atoms with Crippen LogP contribution in [-0.4, -0.2) is 11.0 Å². The van der Waals surface area contributed by atoms with Crippen LogP contribution in [0.25, 0.3) is 0 Å². The fourth-order valence-electron chi connectivity index (χ4n) is 0.485. The van der Waals surface area contributed by atoms with Gasteiger partial charge in [-0.3, -0.25) is 9.36 Å². The molecule has 0 unspecified atom stereocenters. The second-order valence-electron chi connectivity index (χ2n) is 1.47. The highest BCUT2D eigenvalue weighted by molar-refractivity contribution is 9.13. The van der Waals surface area contributed by atoms with Gasteiger partial charge in [-0.05, 0) is 37.9 Å². The molecule has 0 radical (unpaired) electrons. The van der Waals surface area contributed by atoms with Gasteiger partial charge < -0.3 is 0 Å². The Morgan fingerprint density at radius 1 is 1.56 bits per heavy atom. The number of aromatic nitrogens is 1. The number of carbonyl (C=O) groups is 1. The van der Waals surface area contributed by atoms with Gasteiger partial charge in [0.05, 0.1) is 4.47 Å². The van der Waals surface area contributed by atoms with Crippen molar-refractivity contribution in [2.24, 2.45) is 0 Å². The van der Waals surface area contributed by atoms with Crippen LogP contribution in [0.15, 0.2) is 21.3 Å². The lowest BCUT2D eigenvalue weighted by atomic mass is 10.7. The highest BCUT2D eigenvalue weighted by atomic mass is 79.9. The zero-order chi connectivity index (χ0) is 6.85. The quantitative estimate of drug-likeness (QED) is 0.702. The molecule has 1 aromatic rings. The van der Waals surface area contributed by atoms with E-state index in [-0.39, 0.29) is 0 Å². The molecule has 2 nitrogen and oxygen atoms in total. The smallest absolute Gasteiger partial charge is 0.218 e. The third-order valence-electron chi connectivity index (χ3n) is 0.919. The van der Waals surface area contributed by atoms with Crippen molar-refractivity contribution in [2.75, 3.05) is 0 Å². The Morgan fingerprint density at radius 3 is 2.44 bits per heavy atom. The van der Waals surface area contributed by atoms with Crippen molar-refractivity contribution < 1.29 is 4.79 Å². The first-order valence-electron chi connectivity index (χ1n) is 2.23. The van der Waals surface area contributed by atoms with Crippen molar-refractivity contribution in [3.05, 3.63) is 21.3 Å². The minimum absolute atomic E-state index is 0.731. The summed E-state index contributed by atoms with van der Waals surface area (Å²) in [6.07, 6.45) is 2.40. The lowest BCUT2D eigenvalue weighted by molar-refractivity contribution is 0.546. The van der Waals surface area contributed by atoms with Crippen LogP contribution in [0.2, 0.25) is 0 Å². The summed E-state index contributed by atoms with van der Waals surface area (Å²) in [7, 11) is 0. The second kappa shape index (κ2) is 2.66. The Bertz CT molecular complexity index is 231. The Balaban J connectivity index is 3.18. The van der Waals surface area contributed by atoms with Crippen LogP contribution in [-0.2, 0) is 4.79 Å². The molecular weight excluding hydrogens is 250 g/mol. The van der Waals surface area contributed by atoms with Gasteiger partial charge in [0, 0.05) is 6.20 Å². The van der Waals surface area contributed by atoms with Crippen molar-refractivity contribution >= 4 is 38.3 Å². The summed E-state index contributed by atoms with van der Waals surface area (Å²) in [5, 5.41) is 0. The molecule has 1 rings (SSSR count). The number of rotatable bonds is 1. The molecule has 0 fully saturated rings. The van der Waals surface area contributed by atoms with Crippen LogP contribution in [0.5, 0.6) is 0 Å². The van der Waals surface area contributed by atoms with E-state index in [1.165, 1.54) is 4.57 Å². The summed E-state index contributed by atoms with van der Waals surface area (Å²) >= 11 is 6.43. The monoisotopic (exact) mass is 251 g/mol. The summed E-state index contributed by atoms with van der Waals surface area (Å²) in [6, 6.07) is 1.79. The zero-order valence-electron chi connectivity index (χ0n) is 4.34. The molecule has 1 aromatic heterocycles. The van der Waals surface area contributed by atoms with Gasteiger partial charge in [0.1, 0.15) is 4.60 Å². The third-order valence-corrected chi connectivity index (χ3v) is 2.93. The van der Waals surface area contributed by atoms with Crippen LogP contribution in [0.1, 0.15) is 0 Å². The predicted molar refractivity (Wildman–Crippen MR) is 42.0 cm³/mol. The van der Waals surface area contributed by atoms with E-state index < -0.39 is 0 Å². The van der Waals surface area contributed by atoms with Crippen molar-refractivity contribution in [1.29, 1.82) is 0 Å². The zero-order valence-corrected chi connectivity index (χ0v) is 7.52. The molecule has 0 aromatic carbocycles. The van der Waals surface area contributed by atoms with E-state index >= 15 is 0 Å². The van der Waals surface area contributed by atoms with E-state index in [1.807, 2.05) is 0 Å². The molecule has 0 bridgehead atoms. The molecule has 9 heavy (non-hydrogen) atoms. The van der Waals surface area contributed by atoms with Crippen molar-refractivity contribution in [1.82, 2.24) is 4.57 Å². The number of halogens is 2. The van der Waals surface area contributed by atoms with Gasteiger partial charge in [0.15, 0.2) is 0 Å². The lowest BCUT2D eigenvalue weighted by Gasteiger charge is -1.88. The summed E-state index contributed by atoms with van der Waals surface area (Å²) in [4.78, 5) is 10.2. The van der Waals surface area contributed by atoms with E-state index in [0.717, 1.165) is 15.5 Å². The molecule has 0 aliphatic rings. The Morgan fingerprint density at radius 2 is 2.22 bits per heavy atom. The van der Waals surface area contributed by atoms with Crippen molar-refractivity contribution in [2.45, 2.75) is 0 Å². The molecule has 0 saturated carbocycles. The molecule has 0 spiro atoms. The van der Waals surface area contributed by atoms with Crippen LogP contribution in [0, 0.1) is 0 Å². The van der Waals surface area contributed by atoms with E-state index in [4.69, 9.17) is 0 Å². The van der Waals surface area contributed by atoms with E-state index in [1.54, 1.807) is 12.3 Å². The maximum Gasteiger partial charge on any atom is 0.218 e. The summed E-state index contributed by atoms with van der Waals surface area (Å²) in [6.45, 7) is 0. The van der Waals surface area contributed by atoms with Crippen molar-refractivity contribution in [3.63, 3.8) is 0 Å². The number of hydrogen-bond acceptors (Lipinski definition) is 1. The molecule has 4 heteroatoms. The number of hydrogen-bond donors (Lipinski definition) is 0. The average molecular weight is 253 g/mol. The van der Waals surface area contributed by atoms with Gasteiger partial charge in [0.25, 0.3) is 0 Å². The summed E-state index contributed by atoms with van der Waals surface area (Å²) < 4.78 is 3.07. The third kappa shape index (κ3) is 1.24. The first kappa shape index (κ1) is 7.02. The summed E-state index contributed by atoms with van der Waals surface area (Å²) in [5.41, 5.74) is 0.